The van der Waals surface area contributed by atoms with Crippen LogP contribution in [0.2, 0.25) is 0 Å². The molecule has 1 aliphatic rings. The Morgan fingerprint density at radius 3 is 2.92 bits per heavy atom. The van der Waals surface area contributed by atoms with Gasteiger partial charge in [-0.05, 0) is 42.5 Å². The van der Waals surface area contributed by atoms with Gasteiger partial charge in [-0.3, -0.25) is 9.58 Å². The molecule has 0 fully saturated rings. The molecule has 24 heavy (non-hydrogen) atoms. The van der Waals surface area contributed by atoms with E-state index in [9.17, 15) is 5.11 Å². The predicted octanol–water partition coefficient (Wildman–Crippen LogP) is 2.83. The molecule has 0 aliphatic carbocycles. The van der Waals surface area contributed by atoms with Crippen LogP contribution in [-0.4, -0.2) is 30.9 Å². The molecule has 5 nitrogen and oxygen atoms in total. The maximum atomic E-state index is 9.76. The van der Waals surface area contributed by atoms with E-state index in [2.05, 4.69) is 56.8 Å². The van der Waals surface area contributed by atoms with Crippen molar-refractivity contribution >= 4 is 10.9 Å². The molecule has 0 saturated heterocycles. The number of hydrogen-bond acceptors (Lipinski definition) is 3. The first-order chi connectivity index (χ1) is 11.6. The quantitative estimate of drug-likeness (QED) is 0.806. The van der Waals surface area contributed by atoms with Crippen molar-refractivity contribution in [3.63, 3.8) is 0 Å². The van der Waals surface area contributed by atoms with Gasteiger partial charge in [-0.1, -0.05) is 12.1 Å². The van der Waals surface area contributed by atoms with Crippen LogP contribution in [0.5, 0.6) is 0 Å². The normalized spacial score (nSPS) is 17.0. The van der Waals surface area contributed by atoms with E-state index in [0.717, 1.165) is 38.3 Å². The monoisotopic (exact) mass is 324 g/mol. The molecule has 2 aromatic heterocycles. The first-order valence-electron chi connectivity index (χ1n) is 8.61. The highest BCUT2D eigenvalue weighted by Gasteiger charge is 2.18. The summed E-state index contributed by atoms with van der Waals surface area (Å²) in [5.74, 6) is 0. The lowest BCUT2D eigenvalue weighted by Gasteiger charge is -2.19. The van der Waals surface area contributed by atoms with Crippen molar-refractivity contribution in [2.75, 3.05) is 6.54 Å². The second kappa shape index (κ2) is 6.07. The van der Waals surface area contributed by atoms with Gasteiger partial charge >= 0.3 is 0 Å². The van der Waals surface area contributed by atoms with E-state index in [0.29, 0.717) is 0 Å². The van der Waals surface area contributed by atoms with E-state index in [4.69, 9.17) is 0 Å². The topological polar surface area (TPSA) is 46.2 Å². The summed E-state index contributed by atoms with van der Waals surface area (Å²) in [6, 6.07) is 10.9. The molecule has 5 heteroatoms. The van der Waals surface area contributed by atoms with E-state index in [-0.39, 0.29) is 0 Å². The van der Waals surface area contributed by atoms with Gasteiger partial charge in [0.2, 0.25) is 0 Å². The zero-order chi connectivity index (χ0) is 16.7. The third-order valence-electron chi connectivity index (χ3n) is 4.90. The van der Waals surface area contributed by atoms with Gasteiger partial charge in [0.25, 0.3) is 0 Å². The van der Waals surface area contributed by atoms with Gasteiger partial charge < -0.3 is 9.67 Å². The lowest BCUT2D eigenvalue weighted by molar-refractivity contribution is 0.193. The maximum Gasteiger partial charge on any atom is 0.0950 e. The Hall–Kier alpha value is -2.11. The Labute approximate surface area is 142 Å². The molecule has 1 atom stereocenters. The summed E-state index contributed by atoms with van der Waals surface area (Å²) in [6.45, 7) is 5.59. The van der Waals surface area contributed by atoms with Crippen LogP contribution in [0.1, 0.15) is 36.4 Å². The Morgan fingerprint density at radius 1 is 1.21 bits per heavy atom. The number of fused-ring (bicyclic) bond motifs is 2. The van der Waals surface area contributed by atoms with Crippen LogP contribution in [0.25, 0.3) is 10.9 Å². The minimum atomic E-state index is -0.502. The van der Waals surface area contributed by atoms with Crippen LogP contribution in [0, 0.1) is 0 Å². The van der Waals surface area contributed by atoms with E-state index in [1.54, 1.807) is 6.92 Å². The first-order valence-corrected chi connectivity index (χ1v) is 8.61. The molecule has 0 bridgehead atoms. The minimum absolute atomic E-state index is 0.502. The molecule has 0 unspecified atom stereocenters. The van der Waals surface area contributed by atoms with Crippen molar-refractivity contribution in [1.29, 1.82) is 0 Å². The number of benzene rings is 1. The van der Waals surface area contributed by atoms with Gasteiger partial charge in [-0.2, -0.15) is 5.10 Å². The van der Waals surface area contributed by atoms with Crippen molar-refractivity contribution in [3.8, 4) is 0 Å². The molecule has 3 aromatic rings. The minimum Gasteiger partial charge on any atom is -0.387 e. The fraction of sp³-hybridized carbons (Fsp3) is 0.421. The molecule has 126 valence electrons. The Bertz CT molecular complexity index is 862. The third kappa shape index (κ3) is 2.85. The largest absolute Gasteiger partial charge is 0.387 e. The third-order valence-corrected chi connectivity index (χ3v) is 4.90. The molecule has 0 saturated carbocycles. The van der Waals surface area contributed by atoms with E-state index in [1.807, 2.05) is 6.07 Å². The molecule has 0 radical (unpaired) electrons. The summed E-state index contributed by atoms with van der Waals surface area (Å²) in [5, 5.41) is 15.6. The van der Waals surface area contributed by atoms with Gasteiger partial charge in [0.05, 0.1) is 17.5 Å². The van der Waals surface area contributed by atoms with Gasteiger partial charge in [-0.15, -0.1) is 0 Å². The number of hydrogen-bond donors (Lipinski definition) is 1. The molecule has 1 N–H and O–H groups in total. The summed E-state index contributed by atoms with van der Waals surface area (Å²) in [4.78, 5) is 2.47. The smallest absolute Gasteiger partial charge is 0.0950 e. The summed E-state index contributed by atoms with van der Waals surface area (Å²) >= 11 is 0. The Kier molecular flexibility index (Phi) is 3.90. The van der Waals surface area contributed by atoms with Gasteiger partial charge in [0, 0.05) is 44.9 Å². The number of aryl methyl sites for hydroxylation is 2. The maximum absolute atomic E-state index is 9.76. The number of nitrogens with zero attached hydrogens (tertiary/aromatic N) is 4. The van der Waals surface area contributed by atoms with Crippen LogP contribution in [0.3, 0.4) is 0 Å². The molecule has 0 amide bonds. The van der Waals surface area contributed by atoms with Crippen molar-refractivity contribution in [1.82, 2.24) is 19.2 Å². The highest BCUT2D eigenvalue weighted by molar-refractivity contribution is 5.80. The summed E-state index contributed by atoms with van der Waals surface area (Å²) in [6.07, 6.45) is 2.69. The SMILES string of the molecule is C[C@@H](O)c1cc2n(n1)CCCN(Cc1ccc3ccn(C)c3c1)C2. The van der Waals surface area contributed by atoms with E-state index < -0.39 is 6.10 Å². The fourth-order valence-corrected chi connectivity index (χ4v) is 3.55. The van der Waals surface area contributed by atoms with Crippen molar-refractivity contribution in [2.45, 2.75) is 39.1 Å². The molecule has 3 heterocycles. The lowest BCUT2D eigenvalue weighted by atomic mass is 10.1. The standard InChI is InChI=1S/C19H24N4O/c1-14(24)18-11-17-13-22(7-3-8-23(17)20-18)12-15-4-5-16-6-9-21(2)19(16)10-15/h4-6,9-11,14,24H,3,7-8,12-13H2,1-2H3/t14-/m1/s1. The zero-order valence-corrected chi connectivity index (χ0v) is 14.3. The summed E-state index contributed by atoms with van der Waals surface area (Å²) in [5.41, 5.74) is 4.59. The van der Waals surface area contributed by atoms with Gasteiger partial charge in [-0.25, -0.2) is 0 Å². The van der Waals surface area contributed by atoms with Crippen LogP contribution < -0.4 is 0 Å². The Morgan fingerprint density at radius 2 is 2.08 bits per heavy atom. The fourth-order valence-electron chi connectivity index (χ4n) is 3.55. The van der Waals surface area contributed by atoms with Crippen LogP contribution in [0.15, 0.2) is 36.5 Å². The summed E-state index contributed by atoms with van der Waals surface area (Å²) in [7, 11) is 2.09. The second-order valence-electron chi connectivity index (χ2n) is 6.84. The van der Waals surface area contributed by atoms with Gasteiger partial charge in [0.1, 0.15) is 0 Å². The highest BCUT2D eigenvalue weighted by atomic mass is 16.3. The molecular formula is C19H24N4O. The second-order valence-corrected chi connectivity index (χ2v) is 6.84. The van der Waals surface area contributed by atoms with Crippen LogP contribution in [-0.2, 0) is 26.7 Å². The molecule has 1 aromatic carbocycles. The van der Waals surface area contributed by atoms with Crippen molar-refractivity contribution in [2.24, 2.45) is 7.05 Å². The van der Waals surface area contributed by atoms with Crippen LogP contribution in [0.4, 0.5) is 0 Å². The average molecular weight is 324 g/mol. The average Bonchev–Trinajstić information content (AvgIpc) is 3.07. The molecule has 0 spiro atoms. The first kappa shape index (κ1) is 15.4. The highest BCUT2D eigenvalue weighted by Crippen LogP contribution is 2.21. The molecular weight excluding hydrogens is 300 g/mol. The number of aromatic nitrogens is 3. The predicted molar refractivity (Wildman–Crippen MR) is 94.5 cm³/mol. The van der Waals surface area contributed by atoms with E-state index in [1.165, 1.54) is 22.2 Å². The summed E-state index contributed by atoms with van der Waals surface area (Å²) < 4.78 is 4.23. The number of aliphatic hydroxyl groups is 1. The van der Waals surface area contributed by atoms with E-state index >= 15 is 0 Å². The molecule has 4 rings (SSSR count). The molecule has 1 aliphatic heterocycles. The zero-order valence-electron chi connectivity index (χ0n) is 14.3. The van der Waals surface area contributed by atoms with Gasteiger partial charge in [0.15, 0.2) is 0 Å². The van der Waals surface area contributed by atoms with Crippen molar-refractivity contribution in [3.05, 3.63) is 53.5 Å². The van der Waals surface area contributed by atoms with Crippen molar-refractivity contribution < 1.29 is 5.11 Å². The number of aliphatic hydroxyl groups excluding tert-OH is 1. The Balaban J connectivity index is 1.55. The van der Waals surface area contributed by atoms with Crippen LogP contribution >= 0.6 is 0 Å². The lowest BCUT2D eigenvalue weighted by Crippen LogP contribution is -2.22. The number of rotatable bonds is 3.